The zero-order valence-electron chi connectivity index (χ0n) is 34.9. The molecule has 282 valence electrons. The van der Waals surface area contributed by atoms with Crippen molar-refractivity contribution >= 4 is 24.8 Å². The molecule has 0 N–H and O–H groups in total. The molecule has 0 saturated carbocycles. The fourth-order valence-corrected chi connectivity index (χ4v) is 7.83. The Morgan fingerprint density at radius 3 is 1.34 bits per heavy atom. The second-order valence-electron chi connectivity index (χ2n) is 17.8. The standard InChI is InChI=1S/C23H29.C15H14.C12H19.2ClH.Zr/c1-14-9-16-11-17-10-15(2)21(23(6,7)8)13-19(17)18(16)12-20(14)22(3,4)5;1-12-3-7-14(8-4-12)11-15-9-5-13(2)6-10-15;1-5-6-10-7-8-11(9-10)12(2,3)4;;;/h9-13H,1-8H3;3-10H,1-2H3;8-10H,5-6H2,1-4H3;2*1H;/q-1;;-1;;;+2/p-2. The van der Waals surface area contributed by atoms with Crippen LogP contribution in [0.5, 0.6) is 0 Å². The van der Waals surface area contributed by atoms with Crippen LogP contribution in [0.25, 0.3) is 21.5 Å². The number of hydrogen-bond donors (Lipinski definition) is 0. The number of rotatable bonds is 4. The van der Waals surface area contributed by atoms with E-state index in [0.717, 1.165) is 0 Å². The number of fused-ring (bicyclic) bond motifs is 3. The minimum Gasteiger partial charge on any atom is -1.00 e. The van der Waals surface area contributed by atoms with Crippen molar-refractivity contribution in [1.82, 2.24) is 0 Å². The molecule has 1 atom stereocenters. The molecule has 3 heteroatoms. The van der Waals surface area contributed by atoms with E-state index in [0.29, 0.717) is 11.3 Å². The first-order valence-electron chi connectivity index (χ1n) is 18.9. The van der Waals surface area contributed by atoms with E-state index < -0.39 is 0 Å². The Morgan fingerprint density at radius 2 is 1.02 bits per heavy atom. The van der Waals surface area contributed by atoms with Crippen LogP contribution in [0, 0.1) is 45.1 Å². The maximum absolute atomic E-state index is 3.40. The van der Waals surface area contributed by atoms with Crippen molar-refractivity contribution in [2.75, 3.05) is 0 Å². The van der Waals surface area contributed by atoms with Crippen LogP contribution in [0.4, 0.5) is 0 Å². The molecule has 0 fully saturated rings. The molecule has 1 aliphatic carbocycles. The number of aryl methyl sites for hydroxylation is 4. The third-order valence-electron chi connectivity index (χ3n) is 9.99. The summed E-state index contributed by atoms with van der Waals surface area (Å²) < 4.78 is 1.42. The molecule has 53 heavy (non-hydrogen) atoms. The zero-order valence-corrected chi connectivity index (χ0v) is 38.9. The van der Waals surface area contributed by atoms with Gasteiger partial charge in [0.15, 0.2) is 0 Å². The van der Waals surface area contributed by atoms with Gasteiger partial charge in [-0.1, -0.05) is 128 Å². The molecule has 5 aromatic carbocycles. The molecular weight excluding hydrogens is 763 g/mol. The number of benzene rings is 4. The van der Waals surface area contributed by atoms with Gasteiger partial charge in [0.05, 0.1) is 0 Å². The summed E-state index contributed by atoms with van der Waals surface area (Å²) in [5.74, 6) is 0.587. The van der Waals surface area contributed by atoms with Crippen molar-refractivity contribution in [2.24, 2.45) is 11.3 Å². The van der Waals surface area contributed by atoms with Crippen LogP contribution < -0.4 is 24.8 Å². The Bertz CT molecular complexity index is 1910. The Hall–Kier alpha value is -2.44. The average Bonchev–Trinajstić information content (AvgIpc) is 3.64. The molecule has 0 heterocycles. The largest absolute Gasteiger partial charge is 1.00 e. The van der Waals surface area contributed by atoms with Crippen molar-refractivity contribution < 1.29 is 49.0 Å². The summed E-state index contributed by atoms with van der Waals surface area (Å²) in [7, 11) is 0. The number of hydrogen-bond acceptors (Lipinski definition) is 0. The second kappa shape index (κ2) is 18.9. The van der Waals surface area contributed by atoms with Gasteiger partial charge in [-0.05, 0) is 24.7 Å². The second-order valence-corrected chi connectivity index (χ2v) is 19.1. The molecule has 1 aliphatic rings. The van der Waals surface area contributed by atoms with E-state index in [1.165, 1.54) is 112 Å². The Labute approximate surface area is 350 Å². The first kappa shape index (κ1) is 46.7. The maximum atomic E-state index is 3.40. The third kappa shape index (κ3) is 12.3. The summed E-state index contributed by atoms with van der Waals surface area (Å²) in [6.07, 6.45) is 10.4. The predicted molar refractivity (Wildman–Crippen MR) is 223 cm³/mol. The number of allylic oxidation sites excluding steroid dienone is 4. The zero-order chi connectivity index (χ0) is 37.9. The molecule has 0 radical (unpaired) electrons. The summed E-state index contributed by atoms with van der Waals surface area (Å²) in [5, 5.41) is 5.55. The van der Waals surface area contributed by atoms with Gasteiger partial charge >= 0.3 is 112 Å². The van der Waals surface area contributed by atoms with Crippen LogP contribution in [0.1, 0.15) is 127 Å². The molecule has 6 rings (SSSR count). The SMILES string of the molecule is CCCC1[C-]=CC(C(C)(C)C)=C1.Cc1cc2[cH-]c3cc(C)c(C(C)(C)C)cc3c2cc1C(C)(C)C.Cc1ccc([C](=[Zr+2])c2ccc(C)cc2)cc1.[Cl-].[Cl-]. The van der Waals surface area contributed by atoms with Gasteiger partial charge in [0.1, 0.15) is 0 Å². The van der Waals surface area contributed by atoms with Gasteiger partial charge in [-0.15, -0.1) is 39.7 Å². The van der Waals surface area contributed by atoms with E-state index in [2.05, 4.69) is 194 Å². The van der Waals surface area contributed by atoms with Gasteiger partial charge in [0, 0.05) is 0 Å². The Kier molecular flexibility index (Phi) is 16.7. The molecule has 5 aromatic rings. The Morgan fingerprint density at radius 1 is 0.623 bits per heavy atom. The van der Waals surface area contributed by atoms with Crippen LogP contribution in [-0.2, 0) is 35.1 Å². The normalized spacial score (nSPS) is 14.0. The first-order valence-corrected chi connectivity index (χ1v) is 20.1. The van der Waals surface area contributed by atoms with E-state index in [9.17, 15) is 0 Å². The fourth-order valence-electron chi connectivity index (χ4n) is 7.01. The minimum atomic E-state index is 0. The molecule has 0 spiro atoms. The van der Waals surface area contributed by atoms with Gasteiger partial charge in [0.25, 0.3) is 0 Å². The molecule has 0 aliphatic heterocycles. The van der Waals surface area contributed by atoms with Crippen molar-refractivity contribution in [3.63, 3.8) is 0 Å². The van der Waals surface area contributed by atoms with Crippen LogP contribution in [0.3, 0.4) is 0 Å². The van der Waals surface area contributed by atoms with Gasteiger partial charge < -0.3 is 24.8 Å². The predicted octanol–water partition coefficient (Wildman–Crippen LogP) is 8.10. The van der Waals surface area contributed by atoms with Gasteiger partial charge in [-0.2, -0.15) is 11.6 Å². The van der Waals surface area contributed by atoms with Crippen LogP contribution in [0.15, 0.2) is 96.6 Å². The van der Waals surface area contributed by atoms with Gasteiger partial charge in [-0.3, -0.25) is 6.08 Å². The van der Waals surface area contributed by atoms with E-state index in [-0.39, 0.29) is 35.6 Å². The molecule has 0 bridgehead atoms. The van der Waals surface area contributed by atoms with E-state index in [1.807, 2.05) is 0 Å². The van der Waals surface area contributed by atoms with Crippen molar-refractivity contribution in [2.45, 2.75) is 121 Å². The van der Waals surface area contributed by atoms with Crippen molar-refractivity contribution in [3.05, 3.63) is 147 Å². The topological polar surface area (TPSA) is 0 Å². The molecule has 0 amide bonds. The van der Waals surface area contributed by atoms with E-state index >= 15 is 0 Å². The summed E-state index contributed by atoms with van der Waals surface area (Å²) in [5.41, 5.74) is 13.1. The molecular formula is C50H62Cl2Zr-2. The van der Waals surface area contributed by atoms with Gasteiger partial charge in [-0.25, -0.2) is 6.08 Å². The molecule has 1 unspecified atom stereocenters. The molecule has 0 saturated heterocycles. The monoisotopic (exact) mass is 822 g/mol. The summed E-state index contributed by atoms with van der Waals surface area (Å²) in [4.78, 5) is 0. The van der Waals surface area contributed by atoms with Crippen LogP contribution >= 0.6 is 0 Å². The number of halogens is 2. The minimum absolute atomic E-state index is 0. The molecule has 0 nitrogen and oxygen atoms in total. The summed E-state index contributed by atoms with van der Waals surface area (Å²) in [6.45, 7) is 31.5. The summed E-state index contributed by atoms with van der Waals surface area (Å²) >= 11 is 1.46. The van der Waals surface area contributed by atoms with Crippen LogP contribution in [-0.4, -0.2) is 3.21 Å². The fraction of sp³-hybridized carbons (Fsp3) is 0.400. The van der Waals surface area contributed by atoms with Crippen molar-refractivity contribution in [1.29, 1.82) is 0 Å². The third-order valence-corrected chi connectivity index (χ3v) is 11.4. The average molecular weight is 825 g/mol. The quantitative estimate of drug-likeness (QED) is 0.161. The van der Waals surface area contributed by atoms with Crippen molar-refractivity contribution in [3.8, 4) is 0 Å². The smallest absolute Gasteiger partial charge is 1.00 e. The van der Waals surface area contributed by atoms with E-state index in [4.69, 9.17) is 0 Å². The summed E-state index contributed by atoms with van der Waals surface area (Å²) in [6, 6.07) is 29.5. The molecule has 0 aromatic heterocycles. The van der Waals surface area contributed by atoms with Crippen LogP contribution in [0.2, 0.25) is 0 Å². The van der Waals surface area contributed by atoms with Gasteiger partial charge in [0.2, 0.25) is 0 Å². The van der Waals surface area contributed by atoms with E-state index in [1.54, 1.807) is 0 Å². The maximum Gasteiger partial charge on any atom is -1.00 e. The Balaban J connectivity index is 0.000000285. The first-order chi connectivity index (χ1) is 23.7.